The van der Waals surface area contributed by atoms with Gasteiger partial charge < -0.3 is 26.5 Å². The number of carbonyl (C=O) groups is 3. The predicted molar refractivity (Wildman–Crippen MR) is 124 cm³/mol. The first-order valence-corrected chi connectivity index (χ1v) is 10.5. The van der Waals surface area contributed by atoms with Crippen molar-refractivity contribution in [1.82, 2.24) is 20.8 Å². The molecule has 0 aliphatic carbocycles. The number of aromatic amines is 1. The van der Waals surface area contributed by atoms with Gasteiger partial charge in [-0.1, -0.05) is 24.3 Å². The van der Waals surface area contributed by atoms with Crippen LogP contribution in [0.3, 0.4) is 0 Å². The minimum Gasteiger partial charge on any atom is -0.391 e. The summed E-state index contributed by atoms with van der Waals surface area (Å²) < 4.78 is 0. The molecule has 0 aliphatic heterocycles. The minimum absolute atomic E-state index is 0.273. The second kappa shape index (κ2) is 11.2. The van der Waals surface area contributed by atoms with Gasteiger partial charge in [0.1, 0.15) is 6.04 Å². The lowest BCUT2D eigenvalue weighted by atomic mass is 10.0. The highest BCUT2D eigenvalue weighted by molar-refractivity contribution is 5.98. The Morgan fingerprint density at radius 1 is 1.03 bits per heavy atom. The molecule has 0 saturated carbocycles. The van der Waals surface area contributed by atoms with Crippen molar-refractivity contribution in [3.05, 3.63) is 72.3 Å². The van der Waals surface area contributed by atoms with Crippen LogP contribution in [0.4, 0.5) is 5.69 Å². The number of nitrogens with one attached hydrogen (secondary N) is 4. The van der Waals surface area contributed by atoms with Crippen LogP contribution >= 0.6 is 0 Å². The van der Waals surface area contributed by atoms with Crippen molar-refractivity contribution in [2.75, 3.05) is 5.32 Å². The van der Waals surface area contributed by atoms with Crippen molar-refractivity contribution in [3.63, 3.8) is 0 Å². The fraction of sp³-hybridized carbons (Fsp3) is 0.217. The van der Waals surface area contributed by atoms with Gasteiger partial charge in [0.25, 0.3) is 11.8 Å². The van der Waals surface area contributed by atoms with Gasteiger partial charge >= 0.3 is 0 Å². The zero-order valence-corrected chi connectivity index (χ0v) is 18.4. The van der Waals surface area contributed by atoms with Crippen LogP contribution in [0.15, 0.2) is 61.1 Å². The summed E-state index contributed by atoms with van der Waals surface area (Å²) in [6, 6.07) is 11.7. The molecule has 11 heteroatoms. The number of rotatable bonds is 9. The van der Waals surface area contributed by atoms with Crippen LogP contribution in [-0.4, -0.2) is 56.2 Å². The fourth-order valence-corrected chi connectivity index (χ4v) is 3.22. The molecule has 3 rings (SSSR count). The summed E-state index contributed by atoms with van der Waals surface area (Å²) in [6.07, 6.45) is 2.29. The van der Waals surface area contributed by atoms with Crippen LogP contribution in [0.1, 0.15) is 23.0 Å². The monoisotopic (exact) mass is 466 g/mol. The highest BCUT2D eigenvalue weighted by Gasteiger charge is 2.25. The molecule has 1 heterocycles. The van der Waals surface area contributed by atoms with Crippen LogP contribution in [-0.2, 0) is 16.0 Å². The zero-order valence-electron chi connectivity index (χ0n) is 18.4. The van der Waals surface area contributed by atoms with E-state index in [1.165, 1.54) is 18.7 Å². The molecule has 178 valence electrons. The topological polar surface area (TPSA) is 182 Å². The van der Waals surface area contributed by atoms with Crippen molar-refractivity contribution >= 4 is 23.4 Å². The molecule has 0 radical (unpaired) electrons. The summed E-state index contributed by atoms with van der Waals surface area (Å²) in [5.74, 6) is -1.82. The normalized spacial score (nSPS) is 13.4. The second-order valence-electron chi connectivity index (χ2n) is 7.70. The number of aromatic nitrogens is 2. The van der Waals surface area contributed by atoms with Crippen molar-refractivity contribution in [3.8, 4) is 11.1 Å². The van der Waals surface area contributed by atoms with Gasteiger partial charge in [-0.2, -0.15) is 0 Å². The van der Waals surface area contributed by atoms with Crippen molar-refractivity contribution in [1.29, 1.82) is 0 Å². The maximum Gasteiger partial charge on any atom is 0.268 e. The number of benzene rings is 2. The van der Waals surface area contributed by atoms with E-state index in [0.717, 1.165) is 16.8 Å². The highest BCUT2D eigenvalue weighted by Crippen LogP contribution is 2.22. The third-order valence-electron chi connectivity index (χ3n) is 5.13. The Kier molecular flexibility index (Phi) is 8.09. The number of aliphatic hydroxyl groups is 1. The maximum atomic E-state index is 12.4. The van der Waals surface area contributed by atoms with E-state index >= 15 is 0 Å². The Labute approximate surface area is 195 Å². The first-order valence-electron chi connectivity index (χ1n) is 10.5. The molecule has 2 aromatic carbocycles. The highest BCUT2D eigenvalue weighted by atomic mass is 16.5. The number of aliphatic hydroxyl groups excluding tert-OH is 1. The van der Waals surface area contributed by atoms with Gasteiger partial charge in [-0.15, -0.1) is 0 Å². The predicted octanol–water partition coefficient (Wildman–Crippen LogP) is 0.570. The molecular weight excluding hydrogens is 440 g/mol. The summed E-state index contributed by atoms with van der Waals surface area (Å²) in [5, 5.41) is 23.5. The summed E-state index contributed by atoms with van der Waals surface area (Å²) in [6.45, 7) is 1.32. The number of anilines is 1. The molecule has 3 aromatic rings. The van der Waals surface area contributed by atoms with Crippen LogP contribution in [0.2, 0.25) is 0 Å². The molecule has 0 bridgehead atoms. The number of amides is 3. The number of nitrogens with two attached hydrogens (primary N) is 1. The van der Waals surface area contributed by atoms with Gasteiger partial charge in [0.05, 0.1) is 18.5 Å². The summed E-state index contributed by atoms with van der Waals surface area (Å²) >= 11 is 0. The first-order chi connectivity index (χ1) is 16.3. The van der Waals surface area contributed by atoms with E-state index in [1.54, 1.807) is 42.6 Å². The summed E-state index contributed by atoms with van der Waals surface area (Å²) in [5.41, 5.74) is 10.7. The number of hydrogen-bond acceptors (Lipinski definition) is 7. The van der Waals surface area contributed by atoms with Crippen LogP contribution in [0, 0.1) is 0 Å². The largest absolute Gasteiger partial charge is 0.391 e. The molecule has 0 fully saturated rings. The van der Waals surface area contributed by atoms with E-state index in [1.807, 2.05) is 12.1 Å². The van der Waals surface area contributed by atoms with Crippen molar-refractivity contribution in [2.45, 2.75) is 31.5 Å². The molecule has 34 heavy (non-hydrogen) atoms. The van der Waals surface area contributed by atoms with Gasteiger partial charge in [0.2, 0.25) is 5.91 Å². The molecular formula is C23H26N6O5. The molecule has 8 N–H and O–H groups in total. The van der Waals surface area contributed by atoms with Crippen LogP contribution in [0.25, 0.3) is 11.1 Å². The average molecular weight is 466 g/mol. The zero-order chi connectivity index (χ0) is 24.7. The van der Waals surface area contributed by atoms with Crippen molar-refractivity contribution < 1.29 is 24.7 Å². The second-order valence-corrected chi connectivity index (χ2v) is 7.70. The summed E-state index contributed by atoms with van der Waals surface area (Å²) in [7, 11) is 0. The molecule has 11 nitrogen and oxygen atoms in total. The third-order valence-corrected chi connectivity index (χ3v) is 5.13. The standard InChI is InChI=1S/C23H26N6O5/c1-13(30)20(23(33)29-34)28-21(31)16-4-2-14(3-5-16)15-6-8-17(9-7-15)27-22(32)19(24)10-18-11-25-12-26-18/h2-9,11-13,19-20,30,34H,10,24H2,1H3,(H,25,26)(H,27,32)(H,28,31)(H,29,33)/t13-,19+,20+/m1/s1. The Bertz CT molecular complexity index is 1110. The Hall–Kier alpha value is -4.06. The molecule has 0 spiro atoms. The quantitative estimate of drug-likeness (QED) is 0.178. The first kappa shape index (κ1) is 24.6. The summed E-state index contributed by atoms with van der Waals surface area (Å²) in [4.78, 5) is 43.1. The van der Waals surface area contributed by atoms with Gasteiger partial charge in [-0.05, 0) is 42.3 Å². The number of carbonyl (C=O) groups excluding carboxylic acids is 3. The number of nitrogens with zero attached hydrogens (tertiary/aromatic N) is 1. The SMILES string of the molecule is C[C@@H](O)[C@H](NC(=O)c1ccc(-c2ccc(NC(=O)[C@@H](N)Cc3cnc[nH]3)cc2)cc1)C(=O)NO. The van der Waals surface area contributed by atoms with E-state index in [4.69, 9.17) is 10.9 Å². The van der Waals surface area contributed by atoms with Gasteiger partial charge in [-0.25, -0.2) is 10.5 Å². The van der Waals surface area contributed by atoms with E-state index in [0.29, 0.717) is 12.1 Å². The number of imidazole rings is 1. The van der Waals surface area contributed by atoms with Gasteiger partial charge in [-0.3, -0.25) is 19.6 Å². The molecule has 1 aromatic heterocycles. The number of hydrogen-bond donors (Lipinski definition) is 7. The number of H-pyrrole nitrogens is 1. The molecule has 0 unspecified atom stereocenters. The third kappa shape index (κ3) is 6.25. The average Bonchev–Trinajstić information content (AvgIpc) is 3.35. The van der Waals surface area contributed by atoms with E-state index < -0.39 is 30.0 Å². The lowest BCUT2D eigenvalue weighted by molar-refractivity contribution is -0.133. The molecule has 0 saturated heterocycles. The Balaban J connectivity index is 1.60. The van der Waals surface area contributed by atoms with Gasteiger partial charge in [0, 0.05) is 29.6 Å². The van der Waals surface area contributed by atoms with Gasteiger partial charge in [0.15, 0.2) is 0 Å². The Morgan fingerprint density at radius 2 is 1.65 bits per heavy atom. The molecule has 3 amide bonds. The maximum absolute atomic E-state index is 12.4. The van der Waals surface area contributed by atoms with E-state index in [2.05, 4.69) is 20.6 Å². The van der Waals surface area contributed by atoms with Crippen LogP contribution < -0.4 is 21.8 Å². The smallest absolute Gasteiger partial charge is 0.268 e. The minimum atomic E-state index is -1.30. The lowest BCUT2D eigenvalue weighted by Gasteiger charge is -2.19. The fourth-order valence-electron chi connectivity index (χ4n) is 3.22. The lowest BCUT2D eigenvalue weighted by Crippen LogP contribution is -2.51. The number of hydroxylamine groups is 1. The van der Waals surface area contributed by atoms with E-state index in [-0.39, 0.29) is 11.5 Å². The van der Waals surface area contributed by atoms with E-state index in [9.17, 15) is 19.5 Å². The molecule has 0 aliphatic rings. The Morgan fingerprint density at radius 3 is 2.18 bits per heavy atom. The molecule has 3 atom stereocenters. The van der Waals surface area contributed by atoms with Crippen molar-refractivity contribution in [2.24, 2.45) is 5.73 Å². The van der Waals surface area contributed by atoms with Crippen LogP contribution in [0.5, 0.6) is 0 Å².